The van der Waals surface area contributed by atoms with Crippen LogP contribution >= 0.6 is 15.9 Å². The van der Waals surface area contributed by atoms with E-state index < -0.39 is 0 Å². The Morgan fingerprint density at radius 2 is 2.07 bits per heavy atom. The number of hydrogen-bond acceptors (Lipinski definition) is 2. The van der Waals surface area contributed by atoms with Gasteiger partial charge in [0, 0.05) is 17.5 Å². The van der Waals surface area contributed by atoms with Gasteiger partial charge in [0.1, 0.15) is 0 Å². The molecule has 0 bridgehead atoms. The predicted molar refractivity (Wildman–Crippen MR) is 61.5 cm³/mol. The summed E-state index contributed by atoms with van der Waals surface area (Å²) in [5, 5.41) is 11.2. The summed E-state index contributed by atoms with van der Waals surface area (Å²) < 4.78 is 0.949. The summed E-state index contributed by atoms with van der Waals surface area (Å²) >= 11 is 3.31. The third-order valence-electron chi connectivity index (χ3n) is 1.67. The van der Waals surface area contributed by atoms with Gasteiger partial charge in [-0.25, -0.2) is 0 Å². The lowest BCUT2D eigenvalue weighted by Crippen LogP contribution is -2.17. The Balaban J connectivity index is 3.01. The number of hydrogen-bond donors (Lipinski definition) is 1. The molecular formula is C11H9BrN2O. The number of rotatable bonds is 2. The molecule has 3 nitrogen and oxygen atoms in total. The van der Waals surface area contributed by atoms with Crippen LogP contribution in [0.4, 0.5) is 0 Å². The molecule has 0 aliphatic rings. The van der Waals surface area contributed by atoms with Crippen molar-refractivity contribution in [1.29, 1.82) is 5.26 Å². The van der Waals surface area contributed by atoms with E-state index in [9.17, 15) is 4.79 Å². The molecule has 15 heavy (non-hydrogen) atoms. The fraction of sp³-hybridized carbons (Fsp3) is 0.0909. The molecule has 0 aliphatic heterocycles. The zero-order valence-electron chi connectivity index (χ0n) is 8.12. The zero-order valence-corrected chi connectivity index (χ0v) is 9.71. The van der Waals surface area contributed by atoms with Crippen molar-refractivity contribution in [3.63, 3.8) is 0 Å². The number of nitriles is 1. The number of nitrogens with zero attached hydrogens (tertiary/aromatic N) is 1. The molecule has 1 aromatic carbocycles. The number of amides is 1. The van der Waals surface area contributed by atoms with E-state index in [4.69, 9.17) is 5.26 Å². The second-order valence-electron chi connectivity index (χ2n) is 2.88. The molecule has 1 aromatic rings. The maximum absolute atomic E-state index is 10.9. The Morgan fingerprint density at radius 1 is 1.47 bits per heavy atom. The Kier molecular flexibility index (Phi) is 4.07. The van der Waals surface area contributed by atoms with E-state index >= 15 is 0 Å². The third-order valence-corrected chi connectivity index (χ3v) is 2.20. The summed E-state index contributed by atoms with van der Waals surface area (Å²) in [7, 11) is 0. The van der Waals surface area contributed by atoms with E-state index in [-0.39, 0.29) is 5.91 Å². The highest BCUT2D eigenvalue weighted by molar-refractivity contribution is 9.10. The summed E-state index contributed by atoms with van der Waals surface area (Å²) in [5.74, 6) is -0.195. The molecule has 0 saturated carbocycles. The highest BCUT2D eigenvalue weighted by atomic mass is 79.9. The quantitative estimate of drug-likeness (QED) is 0.835. The van der Waals surface area contributed by atoms with Gasteiger partial charge in [-0.2, -0.15) is 5.26 Å². The van der Waals surface area contributed by atoms with Crippen molar-refractivity contribution >= 4 is 27.5 Å². The Bertz CT molecular complexity index is 429. The number of carbonyl (C=O) groups is 1. The Morgan fingerprint density at radius 3 is 2.53 bits per heavy atom. The van der Waals surface area contributed by atoms with Crippen LogP contribution in [0.5, 0.6) is 0 Å². The second-order valence-corrected chi connectivity index (χ2v) is 3.79. The number of benzene rings is 1. The van der Waals surface area contributed by atoms with Gasteiger partial charge in [0.2, 0.25) is 5.91 Å². The van der Waals surface area contributed by atoms with E-state index in [0.717, 1.165) is 10.0 Å². The SMILES string of the molecule is CC(=O)N/C(=C/C#N)c1ccc(Br)cc1. The van der Waals surface area contributed by atoms with Gasteiger partial charge in [-0.1, -0.05) is 28.1 Å². The first kappa shape index (κ1) is 11.5. The lowest BCUT2D eigenvalue weighted by Gasteiger charge is -2.06. The van der Waals surface area contributed by atoms with Crippen LogP contribution < -0.4 is 5.32 Å². The fourth-order valence-corrected chi connectivity index (χ4v) is 1.34. The van der Waals surface area contributed by atoms with Crippen molar-refractivity contribution in [2.45, 2.75) is 6.92 Å². The van der Waals surface area contributed by atoms with Crippen LogP contribution in [0.25, 0.3) is 5.70 Å². The molecule has 0 heterocycles. The molecule has 0 saturated heterocycles. The monoisotopic (exact) mass is 264 g/mol. The second kappa shape index (κ2) is 5.32. The molecular weight excluding hydrogens is 256 g/mol. The normalized spacial score (nSPS) is 10.6. The van der Waals surface area contributed by atoms with Crippen LogP contribution in [0.3, 0.4) is 0 Å². The Hall–Kier alpha value is -1.60. The highest BCUT2D eigenvalue weighted by Gasteiger charge is 2.02. The van der Waals surface area contributed by atoms with Gasteiger partial charge in [-0.05, 0) is 17.7 Å². The molecule has 1 amide bonds. The minimum absolute atomic E-state index is 0.195. The lowest BCUT2D eigenvalue weighted by molar-refractivity contribution is -0.117. The first-order chi connectivity index (χ1) is 7.13. The Labute approximate surface area is 96.5 Å². The van der Waals surface area contributed by atoms with Crippen molar-refractivity contribution < 1.29 is 4.79 Å². The van der Waals surface area contributed by atoms with Crippen LogP contribution in [0, 0.1) is 11.3 Å². The number of nitrogens with one attached hydrogen (secondary N) is 1. The van der Waals surface area contributed by atoms with Crippen LogP contribution in [-0.4, -0.2) is 5.91 Å². The molecule has 0 atom stereocenters. The van der Waals surface area contributed by atoms with Crippen LogP contribution in [0.15, 0.2) is 34.8 Å². The number of halogens is 1. The summed E-state index contributed by atoms with van der Waals surface area (Å²) in [6, 6.07) is 9.24. The van der Waals surface area contributed by atoms with Gasteiger partial charge in [-0.15, -0.1) is 0 Å². The highest BCUT2D eigenvalue weighted by Crippen LogP contribution is 2.15. The summed E-state index contributed by atoms with van der Waals surface area (Å²) in [6.07, 6.45) is 1.31. The molecule has 0 aromatic heterocycles. The van der Waals surface area contributed by atoms with E-state index in [0.29, 0.717) is 5.70 Å². The maximum Gasteiger partial charge on any atom is 0.221 e. The standard InChI is InChI=1S/C11H9BrN2O/c1-8(15)14-11(6-7-13)9-2-4-10(12)5-3-9/h2-6H,1H3,(H,14,15)/b11-6+. The number of allylic oxidation sites excluding steroid dienone is 1. The molecule has 4 heteroatoms. The van der Waals surface area contributed by atoms with E-state index in [2.05, 4.69) is 21.2 Å². The minimum atomic E-state index is -0.195. The van der Waals surface area contributed by atoms with Crippen molar-refractivity contribution in [3.8, 4) is 6.07 Å². The summed E-state index contributed by atoms with van der Waals surface area (Å²) in [4.78, 5) is 10.9. The first-order valence-corrected chi connectivity index (χ1v) is 5.06. The average Bonchev–Trinajstić information content (AvgIpc) is 2.17. The molecule has 1 N–H and O–H groups in total. The molecule has 0 aliphatic carbocycles. The van der Waals surface area contributed by atoms with E-state index in [1.165, 1.54) is 13.0 Å². The molecule has 0 fully saturated rings. The fourth-order valence-electron chi connectivity index (χ4n) is 1.08. The van der Waals surface area contributed by atoms with Gasteiger partial charge in [0.15, 0.2) is 0 Å². The minimum Gasteiger partial charge on any atom is -0.325 e. The molecule has 0 radical (unpaired) electrons. The van der Waals surface area contributed by atoms with Crippen molar-refractivity contribution in [3.05, 3.63) is 40.4 Å². The molecule has 0 spiro atoms. The third kappa shape index (κ3) is 3.56. The lowest BCUT2D eigenvalue weighted by atomic mass is 10.1. The van der Waals surface area contributed by atoms with Crippen molar-refractivity contribution in [2.24, 2.45) is 0 Å². The van der Waals surface area contributed by atoms with Gasteiger partial charge < -0.3 is 5.32 Å². The molecule has 1 rings (SSSR count). The first-order valence-electron chi connectivity index (χ1n) is 4.27. The number of carbonyl (C=O) groups excluding carboxylic acids is 1. The largest absolute Gasteiger partial charge is 0.325 e. The summed E-state index contributed by atoms with van der Waals surface area (Å²) in [5.41, 5.74) is 1.31. The topological polar surface area (TPSA) is 52.9 Å². The maximum atomic E-state index is 10.9. The van der Waals surface area contributed by atoms with Gasteiger partial charge >= 0.3 is 0 Å². The van der Waals surface area contributed by atoms with Gasteiger partial charge in [0.25, 0.3) is 0 Å². The van der Waals surface area contributed by atoms with Crippen LogP contribution in [0.2, 0.25) is 0 Å². The average molecular weight is 265 g/mol. The van der Waals surface area contributed by atoms with E-state index in [1.807, 2.05) is 30.3 Å². The van der Waals surface area contributed by atoms with E-state index in [1.54, 1.807) is 0 Å². The molecule has 0 unspecified atom stereocenters. The zero-order chi connectivity index (χ0) is 11.3. The van der Waals surface area contributed by atoms with Crippen molar-refractivity contribution in [2.75, 3.05) is 0 Å². The van der Waals surface area contributed by atoms with Gasteiger partial charge in [0.05, 0.1) is 11.8 Å². The van der Waals surface area contributed by atoms with Crippen molar-refractivity contribution in [1.82, 2.24) is 5.32 Å². The summed E-state index contributed by atoms with van der Waals surface area (Å²) in [6.45, 7) is 1.41. The van der Waals surface area contributed by atoms with Crippen LogP contribution in [0.1, 0.15) is 12.5 Å². The van der Waals surface area contributed by atoms with Gasteiger partial charge in [-0.3, -0.25) is 4.79 Å². The smallest absolute Gasteiger partial charge is 0.221 e. The molecule has 76 valence electrons. The van der Waals surface area contributed by atoms with Crippen LogP contribution in [-0.2, 0) is 4.79 Å². The predicted octanol–water partition coefficient (Wildman–Crippen LogP) is 2.45.